The first-order valence-electron chi connectivity index (χ1n) is 20.8. The molecular formula is C46H46ClFN10O5. The summed E-state index contributed by atoms with van der Waals surface area (Å²) in [6, 6.07) is 26.4. The smallest absolute Gasteiger partial charge is 0.251 e. The zero-order valence-corrected chi connectivity index (χ0v) is 35.0. The van der Waals surface area contributed by atoms with Gasteiger partial charge in [0.15, 0.2) is 11.6 Å². The highest BCUT2D eigenvalue weighted by atomic mass is 35.5. The molecule has 15 nitrogen and oxygen atoms in total. The fourth-order valence-corrected chi connectivity index (χ4v) is 8.39. The number of nitrogens with two attached hydrogens (primary N) is 1. The third-order valence-electron chi connectivity index (χ3n) is 11.7. The van der Waals surface area contributed by atoms with E-state index < -0.39 is 11.7 Å². The van der Waals surface area contributed by atoms with Crippen molar-refractivity contribution in [3.63, 3.8) is 0 Å². The molecule has 4 aromatic carbocycles. The van der Waals surface area contributed by atoms with Crippen LogP contribution in [-0.2, 0) is 14.4 Å². The van der Waals surface area contributed by atoms with Gasteiger partial charge >= 0.3 is 0 Å². The third kappa shape index (κ3) is 10.2. The Kier molecular flexibility index (Phi) is 12.9. The number of amides is 5. The largest absolute Gasteiger partial charge is 0.369 e. The van der Waals surface area contributed by atoms with Crippen molar-refractivity contribution < 1.29 is 28.4 Å². The van der Waals surface area contributed by atoms with Crippen molar-refractivity contribution in [3.8, 4) is 11.1 Å². The van der Waals surface area contributed by atoms with Crippen molar-refractivity contribution >= 4 is 70.0 Å². The Morgan fingerprint density at radius 2 is 1.54 bits per heavy atom. The van der Waals surface area contributed by atoms with Crippen molar-refractivity contribution in [1.29, 1.82) is 0 Å². The molecule has 0 bridgehead atoms. The number of carbonyl (C=O) groups excluding carboxylic acids is 5. The van der Waals surface area contributed by atoms with E-state index in [1.54, 1.807) is 60.7 Å². The summed E-state index contributed by atoms with van der Waals surface area (Å²) < 4.78 is 14.9. The lowest BCUT2D eigenvalue weighted by molar-refractivity contribution is -0.135. The maximum absolute atomic E-state index is 14.9. The third-order valence-corrected chi connectivity index (χ3v) is 12.0. The minimum absolute atomic E-state index is 0.0736. The van der Waals surface area contributed by atoms with Crippen LogP contribution < -0.4 is 31.9 Å². The minimum atomic E-state index is -0.703. The molecular weight excluding hydrogens is 827 g/mol. The average Bonchev–Trinajstić information content (AvgIpc) is 3.28. The Bertz CT molecular complexity index is 2530. The van der Waals surface area contributed by atoms with Crippen LogP contribution in [0.15, 0.2) is 97.2 Å². The summed E-state index contributed by atoms with van der Waals surface area (Å²) in [5.41, 5.74) is 10.4. The van der Waals surface area contributed by atoms with Gasteiger partial charge in [0.05, 0.1) is 18.7 Å². The number of nitrogens with zero attached hydrogens (tertiary/aromatic N) is 5. The molecule has 5 amide bonds. The van der Waals surface area contributed by atoms with E-state index in [0.29, 0.717) is 78.4 Å². The molecule has 5 aromatic rings. The van der Waals surface area contributed by atoms with Crippen LogP contribution in [0.5, 0.6) is 0 Å². The number of hydrogen-bond acceptors (Lipinski definition) is 11. The normalized spacial score (nSPS) is 17.2. The van der Waals surface area contributed by atoms with E-state index in [1.807, 2.05) is 29.2 Å². The highest BCUT2D eigenvalue weighted by molar-refractivity contribution is 6.33. The number of benzene rings is 4. The predicted octanol–water partition coefficient (Wildman–Crippen LogP) is 5.59. The number of imide groups is 1. The number of nitrogens with one attached hydrogen (secondary N) is 4. The highest BCUT2D eigenvalue weighted by Gasteiger charge is 2.29. The summed E-state index contributed by atoms with van der Waals surface area (Å²) >= 11 is 6.41. The molecule has 63 heavy (non-hydrogen) atoms. The molecule has 4 heterocycles. The van der Waals surface area contributed by atoms with E-state index in [4.69, 9.17) is 17.3 Å². The van der Waals surface area contributed by atoms with Crippen molar-refractivity contribution in [2.24, 2.45) is 5.73 Å². The van der Waals surface area contributed by atoms with E-state index in [-0.39, 0.29) is 52.9 Å². The molecule has 1 atom stereocenters. The quantitative estimate of drug-likeness (QED) is 0.0982. The van der Waals surface area contributed by atoms with E-state index in [9.17, 15) is 28.4 Å². The minimum Gasteiger partial charge on any atom is -0.369 e. The second-order valence-electron chi connectivity index (χ2n) is 15.8. The first-order valence-corrected chi connectivity index (χ1v) is 21.2. The number of hydrogen-bond donors (Lipinski definition) is 5. The van der Waals surface area contributed by atoms with E-state index >= 15 is 0 Å². The van der Waals surface area contributed by atoms with Crippen molar-refractivity contribution in [2.75, 3.05) is 61.3 Å². The van der Waals surface area contributed by atoms with Crippen LogP contribution in [0.3, 0.4) is 0 Å². The lowest BCUT2D eigenvalue weighted by atomic mass is 9.90. The second kappa shape index (κ2) is 19.0. The van der Waals surface area contributed by atoms with E-state index in [2.05, 4.69) is 41.0 Å². The van der Waals surface area contributed by atoms with Gasteiger partial charge in [-0.15, -0.1) is 0 Å². The number of aromatic nitrogens is 2. The molecule has 1 aromatic heterocycles. The summed E-state index contributed by atoms with van der Waals surface area (Å²) in [6.45, 7) is 4.51. The summed E-state index contributed by atoms with van der Waals surface area (Å²) in [5, 5.41) is 11.9. The number of likely N-dealkylation sites (tertiary alicyclic amines) is 1. The number of piperazine rings is 1. The van der Waals surface area contributed by atoms with Crippen LogP contribution in [0.25, 0.3) is 11.1 Å². The standard InChI is InChI=1S/C46H46ClFN10O5/c47-38-4-2-1-3-35(38)37-25-32(11-14-36(37)42(49)61)51-43-39(48)26-50-46(55-43)53-30-9-5-29(6-10-30)44(62)52-31-17-19-58(20-18-31)41(60)27-56-21-23-57(24-22-56)33-12-7-28(8-13-33)34-15-16-40(59)54-45(34)63/h1-14,25-26,31,34H,15-24,27H2,(H2,49,61)(H,52,62)(H,54,59,63)(H2,50,51,53,55). The Labute approximate surface area is 368 Å². The number of rotatable bonds is 12. The maximum atomic E-state index is 14.9. The van der Waals surface area contributed by atoms with Crippen LogP contribution >= 0.6 is 11.6 Å². The van der Waals surface area contributed by atoms with Gasteiger partial charge in [0.25, 0.3) is 5.91 Å². The van der Waals surface area contributed by atoms with Crippen molar-refractivity contribution in [2.45, 2.75) is 37.6 Å². The Morgan fingerprint density at radius 3 is 2.24 bits per heavy atom. The number of primary amides is 1. The van der Waals surface area contributed by atoms with Crippen LogP contribution in [0.4, 0.5) is 33.2 Å². The summed E-state index contributed by atoms with van der Waals surface area (Å²) in [6.07, 6.45) is 3.19. The number of carbonyl (C=O) groups is 5. The number of anilines is 5. The van der Waals surface area contributed by atoms with E-state index in [0.717, 1.165) is 43.6 Å². The number of piperidine rings is 2. The van der Waals surface area contributed by atoms with Crippen LogP contribution in [0, 0.1) is 5.82 Å². The molecule has 1 unspecified atom stereocenters. The lowest BCUT2D eigenvalue weighted by Gasteiger charge is -2.38. The Balaban J connectivity index is 0.780. The van der Waals surface area contributed by atoms with Crippen LogP contribution in [0.1, 0.15) is 57.9 Å². The van der Waals surface area contributed by atoms with Gasteiger partial charge in [-0.05, 0) is 91.1 Å². The molecule has 3 aliphatic heterocycles. The summed E-state index contributed by atoms with van der Waals surface area (Å²) in [4.78, 5) is 77.1. The fourth-order valence-electron chi connectivity index (χ4n) is 8.15. The molecule has 17 heteroatoms. The van der Waals surface area contributed by atoms with Gasteiger partial charge in [-0.25, -0.2) is 9.37 Å². The molecule has 8 rings (SSSR count). The highest BCUT2D eigenvalue weighted by Crippen LogP contribution is 2.34. The van der Waals surface area contributed by atoms with Crippen LogP contribution in [-0.4, -0.2) is 101 Å². The summed E-state index contributed by atoms with van der Waals surface area (Å²) in [5.74, 6) is -2.25. The average molecular weight is 873 g/mol. The SMILES string of the molecule is NC(=O)c1ccc(Nc2nc(Nc3ccc(C(=O)NC4CCN(C(=O)CN5CCN(c6ccc(C7CCC(=O)NC7=O)cc6)CC5)CC4)cc3)ncc2F)cc1-c1ccccc1Cl. The van der Waals surface area contributed by atoms with Gasteiger partial charge in [0, 0.05) is 90.5 Å². The molecule has 3 saturated heterocycles. The van der Waals surface area contributed by atoms with Crippen molar-refractivity contribution in [3.05, 3.63) is 125 Å². The van der Waals surface area contributed by atoms with Gasteiger partial charge < -0.3 is 31.5 Å². The number of halogens is 2. The fraction of sp³-hybridized carbons (Fsp3) is 0.283. The zero-order valence-electron chi connectivity index (χ0n) is 34.3. The first kappa shape index (κ1) is 42.8. The second-order valence-corrected chi connectivity index (χ2v) is 16.2. The zero-order chi connectivity index (χ0) is 44.0. The van der Waals surface area contributed by atoms with Crippen molar-refractivity contribution in [1.82, 2.24) is 30.4 Å². The first-order chi connectivity index (χ1) is 30.5. The molecule has 0 aliphatic carbocycles. The maximum Gasteiger partial charge on any atom is 0.251 e. The molecule has 324 valence electrons. The lowest BCUT2D eigenvalue weighted by Crippen LogP contribution is -2.52. The molecule has 3 aliphatic rings. The van der Waals surface area contributed by atoms with Gasteiger partial charge in [-0.1, -0.05) is 41.9 Å². The van der Waals surface area contributed by atoms with Gasteiger partial charge in [0.1, 0.15) is 0 Å². The topological polar surface area (TPSA) is 195 Å². The Morgan fingerprint density at radius 1 is 0.825 bits per heavy atom. The molecule has 0 radical (unpaired) electrons. The van der Waals surface area contributed by atoms with Gasteiger partial charge in [-0.2, -0.15) is 4.98 Å². The molecule has 0 saturated carbocycles. The molecule has 0 spiro atoms. The molecule has 6 N–H and O–H groups in total. The Hall–Kier alpha value is -6.91. The van der Waals surface area contributed by atoms with Gasteiger partial charge in [0.2, 0.25) is 29.6 Å². The summed E-state index contributed by atoms with van der Waals surface area (Å²) in [7, 11) is 0. The predicted molar refractivity (Wildman–Crippen MR) is 238 cm³/mol. The monoisotopic (exact) mass is 872 g/mol. The van der Waals surface area contributed by atoms with Crippen LogP contribution in [0.2, 0.25) is 5.02 Å². The molecule has 3 fully saturated rings. The van der Waals surface area contributed by atoms with Gasteiger partial charge in [-0.3, -0.25) is 34.2 Å². The van der Waals surface area contributed by atoms with E-state index in [1.165, 1.54) is 6.07 Å².